The van der Waals surface area contributed by atoms with Gasteiger partial charge >= 0.3 is 11.9 Å². The van der Waals surface area contributed by atoms with Crippen LogP contribution in [-0.4, -0.2) is 29.9 Å². The minimum Gasteiger partial charge on any atom is -0.462 e. The minimum atomic E-state index is -0.476. The molecule has 2 heterocycles. The summed E-state index contributed by atoms with van der Waals surface area (Å²) in [6.45, 7) is 0. The van der Waals surface area contributed by atoms with Crippen LogP contribution in [0.1, 0.15) is 32.9 Å². The Labute approximate surface area is 218 Å². The summed E-state index contributed by atoms with van der Waals surface area (Å²) >= 11 is 1.45. The Morgan fingerprint density at radius 1 is 0.919 bits per heavy atom. The van der Waals surface area contributed by atoms with Crippen molar-refractivity contribution in [3.63, 3.8) is 0 Å². The Kier molecular flexibility index (Phi) is 6.18. The van der Waals surface area contributed by atoms with E-state index in [4.69, 9.17) is 9.47 Å². The molecule has 0 amide bonds. The maximum Gasteiger partial charge on any atom is 0.338 e. The number of esters is 2. The lowest BCUT2D eigenvalue weighted by atomic mass is 9.91. The first-order valence-electron chi connectivity index (χ1n) is 12.3. The number of fused-ring (bicyclic) bond motifs is 2. The topological polar surface area (TPSA) is 69.7 Å². The number of allylic oxidation sites excluding steroid dienone is 1. The van der Waals surface area contributed by atoms with E-state index in [2.05, 4.69) is 0 Å². The molecule has 2 aliphatic rings. The van der Waals surface area contributed by atoms with Gasteiger partial charge < -0.3 is 9.47 Å². The molecular weight excluding hydrogens is 484 g/mol. The zero-order valence-electron chi connectivity index (χ0n) is 19.9. The molecule has 1 saturated carbocycles. The third kappa shape index (κ3) is 4.72. The summed E-state index contributed by atoms with van der Waals surface area (Å²) in [5.74, 6) is -1.16. The fraction of sp³-hybridized carbons (Fsp3) is 0.194. The lowest BCUT2D eigenvalue weighted by Crippen LogP contribution is -2.25. The molecule has 2 fully saturated rings. The molecule has 0 N–H and O–H groups in total. The second-order valence-electron chi connectivity index (χ2n) is 9.47. The summed E-state index contributed by atoms with van der Waals surface area (Å²) in [5.41, 5.74) is 2.54. The van der Waals surface area contributed by atoms with Crippen molar-refractivity contribution in [2.75, 3.05) is 0 Å². The molecular formula is C31H24O5S. The van der Waals surface area contributed by atoms with E-state index < -0.39 is 12.1 Å². The number of carbonyl (C=O) groups excluding carboxylic acids is 3. The lowest BCUT2D eigenvalue weighted by Gasteiger charge is -2.20. The Hall–Kier alpha value is -4.03. The molecule has 0 spiro atoms. The number of rotatable bonds is 6. The molecule has 0 radical (unpaired) electrons. The molecule has 1 aliphatic heterocycles. The van der Waals surface area contributed by atoms with E-state index in [0.717, 1.165) is 21.2 Å². The van der Waals surface area contributed by atoms with Gasteiger partial charge in [-0.3, -0.25) is 9.59 Å². The summed E-state index contributed by atoms with van der Waals surface area (Å²) in [5, 5.41) is 1.03. The van der Waals surface area contributed by atoms with Gasteiger partial charge in [0.25, 0.3) is 0 Å². The van der Waals surface area contributed by atoms with Crippen LogP contribution in [0.15, 0.2) is 97.1 Å². The normalized spacial score (nSPS) is 22.8. The first-order chi connectivity index (χ1) is 18.0. The van der Waals surface area contributed by atoms with Crippen LogP contribution in [0.5, 0.6) is 0 Å². The zero-order valence-corrected chi connectivity index (χ0v) is 20.7. The highest BCUT2D eigenvalue weighted by Gasteiger charge is 2.50. The maximum absolute atomic E-state index is 13.0. The average molecular weight is 509 g/mol. The van der Waals surface area contributed by atoms with Gasteiger partial charge in [0, 0.05) is 23.0 Å². The number of ketones is 1. The predicted molar refractivity (Wildman–Crippen MR) is 142 cm³/mol. The number of ether oxygens (including phenoxy) is 2. The largest absolute Gasteiger partial charge is 0.462 e. The van der Waals surface area contributed by atoms with Crippen LogP contribution in [0, 0.1) is 11.8 Å². The standard InChI is InChI=1S/C31H24O5S/c32-25(29-16-22-8-4-5-9-28(22)37-29)15-14-23-24-17-30(33)35-27(24)18-26(23)36-31(34)21-12-10-20(11-13-21)19-6-2-1-3-7-19/h1-16,23-24,26-27H,17-18H2/b15-14+/t23-,24-,26-,27+/m1/s1. The fourth-order valence-electron chi connectivity index (χ4n) is 5.31. The highest BCUT2D eigenvalue weighted by molar-refractivity contribution is 7.21. The van der Waals surface area contributed by atoms with Crippen LogP contribution >= 0.6 is 11.3 Å². The molecule has 37 heavy (non-hydrogen) atoms. The van der Waals surface area contributed by atoms with Gasteiger partial charge in [-0.15, -0.1) is 11.3 Å². The van der Waals surface area contributed by atoms with Crippen LogP contribution in [0.2, 0.25) is 0 Å². The average Bonchev–Trinajstić information content (AvgIpc) is 3.60. The quantitative estimate of drug-likeness (QED) is 0.169. The van der Waals surface area contributed by atoms with E-state index in [1.54, 1.807) is 24.3 Å². The maximum atomic E-state index is 13.0. The van der Waals surface area contributed by atoms with Gasteiger partial charge in [0.2, 0.25) is 0 Å². The van der Waals surface area contributed by atoms with Crippen LogP contribution in [-0.2, 0) is 14.3 Å². The summed E-state index contributed by atoms with van der Waals surface area (Å²) in [7, 11) is 0. The molecule has 5 nitrogen and oxygen atoms in total. The molecule has 184 valence electrons. The van der Waals surface area contributed by atoms with Crippen molar-refractivity contribution in [2.45, 2.75) is 25.0 Å². The molecule has 0 unspecified atom stereocenters. The zero-order chi connectivity index (χ0) is 25.4. The Morgan fingerprint density at radius 3 is 2.43 bits per heavy atom. The van der Waals surface area contributed by atoms with Crippen LogP contribution in [0.4, 0.5) is 0 Å². The van der Waals surface area contributed by atoms with Crippen molar-refractivity contribution in [3.8, 4) is 11.1 Å². The molecule has 0 bridgehead atoms. The number of thiophene rings is 1. The van der Waals surface area contributed by atoms with Crippen molar-refractivity contribution in [1.82, 2.24) is 0 Å². The van der Waals surface area contributed by atoms with Crippen molar-refractivity contribution in [3.05, 3.63) is 108 Å². The third-order valence-electron chi connectivity index (χ3n) is 7.18. The highest BCUT2D eigenvalue weighted by Crippen LogP contribution is 2.44. The number of carbonyl (C=O) groups is 3. The summed E-state index contributed by atoms with van der Waals surface area (Å²) in [4.78, 5) is 38.6. The first kappa shape index (κ1) is 23.4. The van der Waals surface area contributed by atoms with Crippen molar-refractivity contribution in [1.29, 1.82) is 0 Å². The van der Waals surface area contributed by atoms with E-state index in [9.17, 15) is 14.4 Å². The van der Waals surface area contributed by atoms with Gasteiger partial charge in [0.15, 0.2) is 5.78 Å². The van der Waals surface area contributed by atoms with Gasteiger partial charge in [-0.1, -0.05) is 66.7 Å². The second kappa shape index (κ2) is 9.79. The smallest absolute Gasteiger partial charge is 0.338 e. The van der Waals surface area contributed by atoms with Crippen LogP contribution in [0.25, 0.3) is 21.2 Å². The first-order valence-corrected chi connectivity index (χ1v) is 13.1. The Morgan fingerprint density at radius 2 is 1.65 bits per heavy atom. The SMILES string of the molecule is O=C1C[C@@H]2[C@@H](/C=C/C(=O)c3cc4ccccc4s3)[C@H](OC(=O)c3ccc(-c4ccccc4)cc3)C[C@@H]2O1. The summed E-state index contributed by atoms with van der Waals surface area (Å²) in [6.07, 6.45) is 3.26. The van der Waals surface area contributed by atoms with Gasteiger partial charge in [-0.2, -0.15) is 0 Å². The monoisotopic (exact) mass is 508 g/mol. The van der Waals surface area contributed by atoms with E-state index in [1.807, 2.05) is 72.8 Å². The van der Waals surface area contributed by atoms with Gasteiger partial charge in [0.1, 0.15) is 12.2 Å². The minimum absolute atomic E-state index is 0.100. The molecule has 4 atom stereocenters. The van der Waals surface area contributed by atoms with E-state index in [0.29, 0.717) is 16.9 Å². The summed E-state index contributed by atoms with van der Waals surface area (Å²) in [6, 6.07) is 27.0. The van der Waals surface area contributed by atoms with Crippen molar-refractivity contribution >= 4 is 39.1 Å². The Balaban J connectivity index is 1.19. The predicted octanol–water partition coefficient (Wildman–Crippen LogP) is 6.48. The lowest BCUT2D eigenvalue weighted by molar-refractivity contribution is -0.141. The van der Waals surface area contributed by atoms with E-state index >= 15 is 0 Å². The number of hydrogen-bond donors (Lipinski definition) is 0. The molecule has 1 aliphatic carbocycles. The summed E-state index contributed by atoms with van der Waals surface area (Å²) < 4.78 is 12.5. The van der Waals surface area contributed by atoms with Gasteiger partial charge in [-0.25, -0.2) is 4.79 Å². The molecule has 1 aromatic heterocycles. The van der Waals surface area contributed by atoms with Crippen molar-refractivity contribution in [2.24, 2.45) is 11.8 Å². The van der Waals surface area contributed by atoms with Gasteiger partial charge in [-0.05, 0) is 46.9 Å². The van der Waals surface area contributed by atoms with Crippen LogP contribution < -0.4 is 0 Å². The number of benzene rings is 3. The number of hydrogen-bond acceptors (Lipinski definition) is 6. The molecule has 3 aromatic carbocycles. The highest BCUT2D eigenvalue weighted by atomic mass is 32.1. The fourth-order valence-corrected chi connectivity index (χ4v) is 6.29. The van der Waals surface area contributed by atoms with E-state index in [1.165, 1.54) is 11.3 Å². The molecule has 6 rings (SSSR count). The second-order valence-corrected chi connectivity index (χ2v) is 10.6. The Bertz CT molecular complexity index is 1470. The molecule has 4 aromatic rings. The van der Waals surface area contributed by atoms with E-state index in [-0.39, 0.29) is 36.1 Å². The molecule has 1 saturated heterocycles. The third-order valence-corrected chi connectivity index (χ3v) is 8.31. The van der Waals surface area contributed by atoms with Crippen LogP contribution in [0.3, 0.4) is 0 Å². The molecule has 6 heteroatoms. The van der Waals surface area contributed by atoms with Crippen molar-refractivity contribution < 1.29 is 23.9 Å². The van der Waals surface area contributed by atoms with Gasteiger partial charge in [0.05, 0.1) is 16.9 Å².